The highest BCUT2D eigenvalue weighted by atomic mass is 16.5. The fourth-order valence-electron chi connectivity index (χ4n) is 2.73. The maximum absolute atomic E-state index is 12.8. The molecule has 1 aliphatic rings. The first kappa shape index (κ1) is 14.6. The van der Waals surface area contributed by atoms with Gasteiger partial charge < -0.3 is 9.64 Å². The summed E-state index contributed by atoms with van der Waals surface area (Å²) < 4.78 is 7.18. The number of ether oxygens (including phenoxy) is 1. The molecular weight excluding hydrogens is 282 g/mol. The Bertz CT molecular complexity index is 627. The normalized spacial score (nSPS) is 18.4. The van der Waals surface area contributed by atoms with Gasteiger partial charge in [0.2, 0.25) is 0 Å². The standard InChI is InChI=1S/C15H19N5O2/c1-2-22-12-5-4-8-19(9-12)15(21)13-6-3-7-17-14(13)20-11-16-10-18-20/h3,6-7,10-12H,2,4-5,8-9H2,1H3/t12-/m1/s1. The number of hydrogen-bond donors (Lipinski definition) is 0. The molecule has 1 fully saturated rings. The van der Waals surface area contributed by atoms with Gasteiger partial charge in [0.1, 0.15) is 12.7 Å². The topological polar surface area (TPSA) is 73.1 Å². The van der Waals surface area contributed by atoms with Crippen molar-refractivity contribution >= 4 is 5.91 Å². The molecule has 0 bridgehead atoms. The van der Waals surface area contributed by atoms with Crippen LogP contribution in [0, 0.1) is 0 Å². The third kappa shape index (κ3) is 2.99. The zero-order valence-corrected chi connectivity index (χ0v) is 12.6. The van der Waals surface area contributed by atoms with Crippen LogP contribution in [0.2, 0.25) is 0 Å². The zero-order valence-electron chi connectivity index (χ0n) is 12.6. The third-order valence-corrected chi connectivity index (χ3v) is 3.72. The highest BCUT2D eigenvalue weighted by Crippen LogP contribution is 2.18. The Morgan fingerprint density at radius 3 is 3.18 bits per heavy atom. The van der Waals surface area contributed by atoms with E-state index in [1.54, 1.807) is 18.3 Å². The maximum atomic E-state index is 12.8. The number of nitrogens with zero attached hydrogens (tertiary/aromatic N) is 5. The molecule has 2 aromatic rings. The first-order chi connectivity index (χ1) is 10.8. The SMILES string of the molecule is CCO[C@@H]1CCCN(C(=O)c2cccnc2-n2cncn2)C1. The van der Waals surface area contributed by atoms with E-state index in [1.165, 1.54) is 17.3 Å². The van der Waals surface area contributed by atoms with Crippen molar-refractivity contribution in [3.8, 4) is 5.82 Å². The van der Waals surface area contributed by atoms with E-state index < -0.39 is 0 Å². The summed E-state index contributed by atoms with van der Waals surface area (Å²) in [5.74, 6) is 0.464. The van der Waals surface area contributed by atoms with Crippen LogP contribution in [0.25, 0.3) is 5.82 Å². The second kappa shape index (κ2) is 6.65. The Labute approximate surface area is 128 Å². The fourth-order valence-corrected chi connectivity index (χ4v) is 2.73. The van der Waals surface area contributed by atoms with Crippen LogP contribution in [0.1, 0.15) is 30.1 Å². The predicted molar refractivity (Wildman–Crippen MR) is 79.7 cm³/mol. The van der Waals surface area contributed by atoms with Gasteiger partial charge in [-0.1, -0.05) is 0 Å². The summed E-state index contributed by atoms with van der Waals surface area (Å²) in [6, 6.07) is 3.54. The molecule has 116 valence electrons. The molecule has 0 saturated carbocycles. The van der Waals surface area contributed by atoms with Crippen LogP contribution in [0.5, 0.6) is 0 Å². The molecule has 7 heteroatoms. The highest BCUT2D eigenvalue weighted by molar-refractivity contribution is 5.97. The average Bonchev–Trinajstić information content (AvgIpc) is 3.09. The third-order valence-electron chi connectivity index (χ3n) is 3.72. The maximum Gasteiger partial charge on any atom is 0.257 e. The van der Waals surface area contributed by atoms with Crippen molar-refractivity contribution in [2.24, 2.45) is 0 Å². The van der Waals surface area contributed by atoms with Crippen LogP contribution >= 0.6 is 0 Å². The minimum Gasteiger partial charge on any atom is -0.377 e. The smallest absolute Gasteiger partial charge is 0.257 e. The lowest BCUT2D eigenvalue weighted by Gasteiger charge is -2.32. The summed E-state index contributed by atoms with van der Waals surface area (Å²) in [5, 5.41) is 4.07. The van der Waals surface area contributed by atoms with E-state index in [9.17, 15) is 4.79 Å². The van der Waals surface area contributed by atoms with Crippen LogP contribution < -0.4 is 0 Å². The highest BCUT2D eigenvalue weighted by Gasteiger charge is 2.26. The minimum atomic E-state index is -0.0389. The molecule has 1 amide bonds. The van der Waals surface area contributed by atoms with Gasteiger partial charge in [0.05, 0.1) is 11.7 Å². The molecule has 3 heterocycles. The fraction of sp³-hybridized carbons (Fsp3) is 0.467. The Hall–Kier alpha value is -2.28. The van der Waals surface area contributed by atoms with Gasteiger partial charge in [0.25, 0.3) is 5.91 Å². The van der Waals surface area contributed by atoms with Gasteiger partial charge in [-0.2, -0.15) is 5.10 Å². The van der Waals surface area contributed by atoms with Gasteiger partial charge >= 0.3 is 0 Å². The minimum absolute atomic E-state index is 0.0389. The van der Waals surface area contributed by atoms with Crippen LogP contribution in [-0.2, 0) is 4.74 Å². The molecule has 0 radical (unpaired) electrons. The Balaban J connectivity index is 1.83. The lowest BCUT2D eigenvalue weighted by Crippen LogP contribution is -2.43. The van der Waals surface area contributed by atoms with E-state index in [2.05, 4.69) is 15.1 Å². The number of pyridine rings is 1. The van der Waals surface area contributed by atoms with Gasteiger partial charge in [-0.3, -0.25) is 4.79 Å². The van der Waals surface area contributed by atoms with Gasteiger partial charge in [-0.25, -0.2) is 14.6 Å². The monoisotopic (exact) mass is 301 g/mol. The summed E-state index contributed by atoms with van der Waals surface area (Å²) in [6.45, 7) is 4.01. The van der Waals surface area contributed by atoms with E-state index in [0.717, 1.165) is 19.4 Å². The number of rotatable bonds is 4. The molecule has 0 N–H and O–H groups in total. The quantitative estimate of drug-likeness (QED) is 0.851. The number of amides is 1. The molecule has 0 aliphatic carbocycles. The van der Waals surface area contributed by atoms with E-state index in [-0.39, 0.29) is 12.0 Å². The van der Waals surface area contributed by atoms with Crippen molar-refractivity contribution in [2.75, 3.05) is 19.7 Å². The number of aromatic nitrogens is 4. The van der Waals surface area contributed by atoms with Crippen LogP contribution in [0.15, 0.2) is 31.0 Å². The average molecular weight is 301 g/mol. The summed E-state index contributed by atoms with van der Waals surface area (Å²) in [4.78, 5) is 22.9. The number of hydrogen-bond acceptors (Lipinski definition) is 5. The number of carbonyl (C=O) groups is 1. The molecule has 1 atom stereocenters. The van der Waals surface area contributed by atoms with Crippen molar-refractivity contribution in [1.82, 2.24) is 24.6 Å². The van der Waals surface area contributed by atoms with Gasteiger partial charge in [0.15, 0.2) is 5.82 Å². The molecule has 0 aromatic carbocycles. The Kier molecular flexibility index (Phi) is 4.43. The molecular formula is C15H19N5O2. The molecule has 7 nitrogen and oxygen atoms in total. The van der Waals surface area contributed by atoms with E-state index in [4.69, 9.17) is 4.74 Å². The van der Waals surface area contributed by atoms with Crippen molar-refractivity contribution in [3.05, 3.63) is 36.5 Å². The largest absolute Gasteiger partial charge is 0.377 e. The zero-order chi connectivity index (χ0) is 15.4. The lowest BCUT2D eigenvalue weighted by molar-refractivity contribution is 0.00722. The van der Waals surface area contributed by atoms with Gasteiger partial charge in [0, 0.05) is 25.9 Å². The van der Waals surface area contributed by atoms with Crippen molar-refractivity contribution in [3.63, 3.8) is 0 Å². The molecule has 1 aliphatic heterocycles. The van der Waals surface area contributed by atoms with E-state index in [0.29, 0.717) is 24.5 Å². The number of carbonyl (C=O) groups excluding carboxylic acids is 1. The molecule has 2 aromatic heterocycles. The Morgan fingerprint density at radius 2 is 2.41 bits per heavy atom. The molecule has 3 rings (SSSR count). The molecule has 1 saturated heterocycles. The summed E-state index contributed by atoms with van der Waals surface area (Å²) >= 11 is 0. The molecule has 22 heavy (non-hydrogen) atoms. The second-order valence-corrected chi connectivity index (χ2v) is 5.19. The summed E-state index contributed by atoms with van der Waals surface area (Å²) in [5.41, 5.74) is 0.533. The predicted octanol–water partition coefficient (Wildman–Crippen LogP) is 1.30. The van der Waals surface area contributed by atoms with Crippen molar-refractivity contribution < 1.29 is 9.53 Å². The Morgan fingerprint density at radius 1 is 1.50 bits per heavy atom. The first-order valence-electron chi connectivity index (χ1n) is 7.50. The number of likely N-dealkylation sites (tertiary alicyclic amines) is 1. The van der Waals surface area contributed by atoms with E-state index in [1.807, 2.05) is 11.8 Å². The summed E-state index contributed by atoms with van der Waals surface area (Å²) in [6.07, 6.45) is 6.69. The van der Waals surface area contributed by atoms with Crippen LogP contribution in [0.4, 0.5) is 0 Å². The van der Waals surface area contributed by atoms with Crippen LogP contribution in [0.3, 0.4) is 0 Å². The second-order valence-electron chi connectivity index (χ2n) is 5.19. The first-order valence-corrected chi connectivity index (χ1v) is 7.50. The summed E-state index contributed by atoms with van der Waals surface area (Å²) in [7, 11) is 0. The van der Waals surface area contributed by atoms with Gasteiger partial charge in [-0.05, 0) is 31.9 Å². The molecule has 0 spiro atoms. The lowest BCUT2D eigenvalue weighted by atomic mass is 10.1. The van der Waals surface area contributed by atoms with E-state index >= 15 is 0 Å². The van der Waals surface area contributed by atoms with Crippen molar-refractivity contribution in [1.29, 1.82) is 0 Å². The molecule has 0 unspecified atom stereocenters. The van der Waals surface area contributed by atoms with Crippen LogP contribution in [-0.4, -0.2) is 56.4 Å². The van der Waals surface area contributed by atoms with Crippen molar-refractivity contribution in [2.45, 2.75) is 25.9 Å². The number of piperidine rings is 1. The van der Waals surface area contributed by atoms with Gasteiger partial charge in [-0.15, -0.1) is 0 Å².